The van der Waals surface area contributed by atoms with Gasteiger partial charge in [0.05, 0.1) is 10.7 Å². The Hall–Kier alpha value is -1.52. The van der Waals surface area contributed by atoms with Gasteiger partial charge in [-0.1, -0.05) is 22.8 Å². The summed E-state index contributed by atoms with van der Waals surface area (Å²) in [5.41, 5.74) is 2.02. The number of hydrogen-bond acceptors (Lipinski definition) is 4. The van der Waals surface area contributed by atoms with Gasteiger partial charge in [-0.3, -0.25) is 0 Å². The van der Waals surface area contributed by atoms with Crippen LogP contribution in [0.2, 0.25) is 5.02 Å². The molecule has 0 amide bonds. The minimum atomic E-state index is 0.333. The maximum Gasteiger partial charge on any atom is 0.174 e. The highest BCUT2D eigenvalue weighted by atomic mass is 35.5. The van der Waals surface area contributed by atoms with E-state index < -0.39 is 0 Å². The largest absolute Gasteiger partial charge is 0.484 e. The molecule has 20 heavy (non-hydrogen) atoms. The smallest absolute Gasteiger partial charge is 0.174 e. The standard InChI is InChI=1S/C15H17ClN2O2/c1-10-2-5-14(16)15(6-10)19-9-13-7-12(18-20-13)8-17-11-3-4-11/h2,5-7,11,17H,3-4,8-9H2,1H3. The third-order valence-corrected chi connectivity index (χ3v) is 3.53. The van der Waals surface area contributed by atoms with Crippen LogP contribution in [0.15, 0.2) is 28.8 Å². The summed E-state index contributed by atoms with van der Waals surface area (Å²) in [6.07, 6.45) is 2.53. The molecular weight excluding hydrogens is 276 g/mol. The highest BCUT2D eigenvalue weighted by molar-refractivity contribution is 6.32. The highest BCUT2D eigenvalue weighted by Crippen LogP contribution is 2.26. The molecule has 3 rings (SSSR count). The molecule has 1 aromatic heterocycles. The van der Waals surface area contributed by atoms with E-state index in [1.807, 2.05) is 31.2 Å². The van der Waals surface area contributed by atoms with Crippen molar-refractivity contribution in [3.05, 3.63) is 46.3 Å². The van der Waals surface area contributed by atoms with E-state index in [1.165, 1.54) is 12.8 Å². The van der Waals surface area contributed by atoms with Crippen LogP contribution in [-0.4, -0.2) is 11.2 Å². The molecule has 4 nitrogen and oxygen atoms in total. The third-order valence-electron chi connectivity index (χ3n) is 3.21. The molecular formula is C15H17ClN2O2. The molecule has 0 bridgehead atoms. The quantitative estimate of drug-likeness (QED) is 0.885. The van der Waals surface area contributed by atoms with Crippen molar-refractivity contribution < 1.29 is 9.26 Å². The first-order chi connectivity index (χ1) is 9.70. The Morgan fingerprint density at radius 3 is 3.05 bits per heavy atom. The van der Waals surface area contributed by atoms with E-state index in [4.69, 9.17) is 20.9 Å². The number of halogens is 1. The van der Waals surface area contributed by atoms with Gasteiger partial charge < -0.3 is 14.6 Å². The minimum Gasteiger partial charge on any atom is -0.484 e. The van der Waals surface area contributed by atoms with Gasteiger partial charge in [0.1, 0.15) is 12.4 Å². The zero-order valence-electron chi connectivity index (χ0n) is 11.4. The Bertz CT molecular complexity index is 593. The van der Waals surface area contributed by atoms with Crippen LogP contribution in [0.1, 0.15) is 29.9 Å². The average molecular weight is 293 g/mol. The molecule has 0 radical (unpaired) electrons. The van der Waals surface area contributed by atoms with Crippen molar-refractivity contribution in [3.63, 3.8) is 0 Å². The zero-order valence-corrected chi connectivity index (χ0v) is 12.1. The van der Waals surface area contributed by atoms with Crippen molar-refractivity contribution in [2.45, 2.75) is 39.0 Å². The fraction of sp³-hybridized carbons (Fsp3) is 0.400. The predicted molar refractivity (Wildman–Crippen MR) is 76.9 cm³/mol. The zero-order chi connectivity index (χ0) is 13.9. The van der Waals surface area contributed by atoms with E-state index in [1.54, 1.807) is 0 Å². The summed E-state index contributed by atoms with van der Waals surface area (Å²) < 4.78 is 10.9. The number of ether oxygens (including phenoxy) is 1. The predicted octanol–water partition coefficient (Wildman–Crippen LogP) is 3.47. The Labute approximate surface area is 123 Å². The monoisotopic (exact) mass is 292 g/mol. The van der Waals surface area contributed by atoms with Crippen molar-refractivity contribution in [1.29, 1.82) is 0 Å². The lowest BCUT2D eigenvalue weighted by atomic mass is 10.2. The van der Waals surface area contributed by atoms with E-state index in [0.717, 1.165) is 17.8 Å². The molecule has 1 heterocycles. The summed E-state index contributed by atoms with van der Waals surface area (Å²) in [7, 11) is 0. The fourth-order valence-corrected chi connectivity index (χ4v) is 2.09. The summed E-state index contributed by atoms with van der Waals surface area (Å²) in [6.45, 7) is 3.08. The van der Waals surface area contributed by atoms with Gasteiger partial charge in [-0.2, -0.15) is 0 Å². The number of nitrogens with one attached hydrogen (secondary N) is 1. The van der Waals surface area contributed by atoms with Crippen LogP contribution in [-0.2, 0) is 13.2 Å². The lowest BCUT2D eigenvalue weighted by Crippen LogP contribution is -2.15. The van der Waals surface area contributed by atoms with E-state index >= 15 is 0 Å². The second-order valence-electron chi connectivity index (χ2n) is 5.16. The first kappa shape index (κ1) is 13.5. The van der Waals surface area contributed by atoms with E-state index in [0.29, 0.717) is 29.2 Å². The van der Waals surface area contributed by atoms with Gasteiger partial charge >= 0.3 is 0 Å². The summed E-state index contributed by atoms with van der Waals surface area (Å²) in [5.74, 6) is 1.37. The minimum absolute atomic E-state index is 0.333. The van der Waals surface area contributed by atoms with Crippen LogP contribution in [0.4, 0.5) is 0 Å². The molecule has 106 valence electrons. The molecule has 0 atom stereocenters. The van der Waals surface area contributed by atoms with Gasteiger partial charge in [-0.25, -0.2) is 0 Å². The van der Waals surface area contributed by atoms with Gasteiger partial charge in [-0.15, -0.1) is 0 Å². The lowest BCUT2D eigenvalue weighted by molar-refractivity contribution is 0.248. The molecule has 5 heteroatoms. The molecule has 2 aromatic rings. The van der Waals surface area contributed by atoms with Crippen molar-refractivity contribution in [2.24, 2.45) is 0 Å². The summed E-state index contributed by atoms with van der Waals surface area (Å²) in [5, 5.41) is 8.01. The Morgan fingerprint density at radius 1 is 1.40 bits per heavy atom. The Kier molecular flexibility index (Phi) is 3.94. The first-order valence-electron chi connectivity index (χ1n) is 6.77. The second kappa shape index (κ2) is 5.85. The molecule has 0 unspecified atom stereocenters. The molecule has 1 aromatic carbocycles. The van der Waals surface area contributed by atoms with Crippen LogP contribution >= 0.6 is 11.6 Å². The first-order valence-corrected chi connectivity index (χ1v) is 7.15. The molecule has 0 aliphatic heterocycles. The molecule has 1 fully saturated rings. The molecule has 1 N–H and O–H groups in total. The van der Waals surface area contributed by atoms with Crippen LogP contribution in [0.3, 0.4) is 0 Å². The van der Waals surface area contributed by atoms with E-state index in [-0.39, 0.29) is 0 Å². The maximum absolute atomic E-state index is 6.08. The normalized spacial score (nSPS) is 14.5. The number of nitrogens with zero attached hydrogens (tertiary/aromatic N) is 1. The molecule has 1 saturated carbocycles. The second-order valence-corrected chi connectivity index (χ2v) is 5.57. The van der Waals surface area contributed by atoms with Gasteiger partial charge in [0.25, 0.3) is 0 Å². The fourth-order valence-electron chi connectivity index (χ4n) is 1.91. The Balaban J connectivity index is 1.55. The number of rotatable bonds is 6. The van der Waals surface area contributed by atoms with Crippen molar-refractivity contribution in [3.8, 4) is 5.75 Å². The number of hydrogen-bond donors (Lipinski definition) is 1. The number of aromatic nitrogens is 1. The van der Waals surface area contributed by atoms with Crippen LogP contribution in [0, 0.1) is 6.92 Å². The maximum atomic E-state index is 6.08. The SMILES string of the molecule is Cc1ccc(Cl)c(OCc2cc(CNC3CC3)no2)c1. The highest BCUT2D eigenvalue weighted by Gasteiger charge is 2.20. The van der Waals surface area contributed by atoms with Gasteiger partial charge in [0.15, 0.2) is 5.76 Å². The van der Waals surface area contributed by atoms with E-state index in [2.05, 4.69) is 10.5 Å². The van der Waals surface area contributed by atoms with Crippen molar-refractivity contribution >= 4 is 11.6 Å². The summed E-state index contributed by atoms with van der Waals surface area (Å²) >= 11 is 6.08. The van der Waals surface area contributed by atoms with Gasteiger partial charge in [0, 0.05) is 18.7 Å². The molecule has 0 saturated heterocycles. The van der Waals surface area contributed by atoms with Crippen molar-refractivity contribution in [2.75, 3.05) is 0 Å². The van der Waals surface area contributed by atoms with Crippen LogP contribution in [0.5, 0.6) is 5.75 Å². The molecule has 0 spiro atoms. The third kappa shape index (κ3) is 3.52. The number of benzene rings is 1. The summed E-state index contributed by atoms with van der Waals surface area (Å²) in [4.78, 5) is 0. The topological polar surface area (TPSA) is 47.3 Å². The number of aryl methyl sites for hydroxylation is 1. The molecule has 1 aliphatic carbocycles. The van der Waals surface area contributed by atoms with Crippen LogP contribution < -0.4 is 10.1 Å². The van der Waals surface area contributed by atoms with Gasteiger partial charge in [0.2, 0.25) is 0 Å². The lowest BCUT2D eigenvalue weighted by Gasteiger charge is -2.06. The molecule has 1 aliphatic rings. The Morgan fingerprint density at radius 2 is 2.25 bits per heavy atom. The van der Waals surface area contributed by atoms with Crippen LogP contribution in [0.25, 0.3) is 0 Å². The van der Waals surface area contributed by atoms with Crippen molar-refractivity contribution in [1.82, 2.24) is 10.5 Å². The summed E-state index contributed by atoms with van der Waals surface area (Å²) in [6, 6.07) is 8.27. The average Bonchev–Trinajstić information content (AvgIpc) is 3.16. The van der Waals surface area contributed by atoms with Gasteiger partial charge in [-0.05, 0) is 37.5 Å². The van der Waals surface area contributed by atoms with E-state index in [9.17, 15) is 0 Å².